The minimum absolute atomic E-state index is 0.00319. The van der Waals surface area contributed by atoms with Crippen LogP contribution in [0.3, 0.4) is 0 Å². The van der Waals surface area contributed by atoms with Gasteiger partial charge in [-0.2, -0.15) is 10.2 Å². The topological polar surface area (TPSA) is 88.5 Å². The highest BCUT2D eigenvalue weighted by Crippen LogP contribution is 2.14. The molecule has 2 N–H and O–H groups in total. The Balaban J connectivity index is 1.89. The Labute approximate surface area is 117 Å². The zero-order valence-corrected chi connectivity index (χ0v) is 12.3. The lowest BCUT2D eigenvalue weighted by molar-refractivity contribution is -0.121. The van der Waals surface area contributed by atoms with Gasteiger partial charge >= 0.3 is 0 Å². The maximum absolute atomic E-state index is 12.0. The highest BCUT2D eigenvalue weighted by atomic mass is 16.1. The number of carbonyl (C=O) groups excluding carboxylic acids is 1. The summed E-state index contributed by atoms with van der Waals surface area (Å²) in [5, 5.41) is 13.8. The second-order valence-electron chi connectivity index (χ2n) is 4.93. The van der Waals surface area contributed by atoms with E-state index < -0.39 is 0 Å². The molecule has 1 atom stereocenters. The summed E-state index contributed by atoms with van der Waals surface area (Å²) in [4.78, 5) is 16.0. The molecule has 0 saturated heterocycles. The van der Waals surface area contributed by atoms with Gasteiger partial charge < -0.3 is 5.32 Å². The summed E-state index contributed by atoms with van der Waals surface area (Å²) in [7, 11) is 1.91. The zero-order chi connectivity index (χ0) is 14.7. The number of rotatable bonds is 5. The number of aryl methyl sites for hydroxylation is 2. The van der Waals surface area contributed by atoms with Gasteiger partial charge in [-0.25, -0.2) is 4.98 Å². The van der Waals surface area contributed by atoms with Gasteiger partial charge in [-0.15, -0.1) is 0 Å². The Morgan fingerprint density at radius 3 is 2.80 bits per heavy atom. The van der Waals surface area contributed by atoms with Crippen molar-refractivity contribution in [3.8, 4) is 0 Å². The van der Waals surface area contributed by atoms with Crippen molar-refractivity contribution in [2.24, 2.45) is 7.05 Å². The van der Waals surface area contributed by atoms with E-state index in [2.05, 4.69) is 25.6 Å². The van der Waals surface area contributed by atoms with E-state index in [0.717, 1.165) is 17.0 Å². The molecule has 0 saturated carbocycles. The van der Waals surface area contributed by atoms with Crippen molar-refractivity contribution in [2.45, 2.75) is 39.7 Å². The number of nitrogens with zero attached hydrogens (tertiary/aromatic N) is 4. The van der Waals surface area contributed by atoms with Crippen LogP contribution in [-0.4, -0.2) is 30.9 Å². The molecule has 7 nitrogen and oxygen atoms in total. The van der Waals surface area contributed by atoms with Crippen LogP contribution in [0.5, 0.6) is 0 Å². The minimum Gasteiger partial charge on any atom is -0.346 e. The van der Waals surface area contributed by atoms with Crippen LogP contribution in [0.15, 0.2) is 6.33 Å². The van der Waals surface area contributed by atoms with E-state index in [1.165, 1.54) is 6.33 Å². The average molecular weight is 276 g/mol. The standard InChI is InChI=1S/C13H20N6O/c1-8-11(10(3)19(4)18-8)5-6-12(20)16-9(2)13-14-7-15-17-13/h7,9H,5-6H2,1-4H3,(H,16,20)(H,14,15,17). The SMILES string of the molecule is Cc1nn(C)c(C)c1CCC(=O)NC(C)c1ncn[nH]1. The van der Waals surface area contributed by atoms with E-state index in [9.17, 15) is 4.79 Å². The van der Waals surface area contributed by atoms with Crippen molar-refractivity contribution >= 4 is 5.91 Å². The predicted molar refractivity (Wildman–Crippen MR) is 73.9 cm³/mol. The van der Waals surface area contributed by atoms with Crippen molar-refractivity contribution in [1.29, 1.82) is 0 Å². The van der Waals surface area contributed by atoms with E-state index >= 15 is 0 Å². The van der Waals surface area contributed by atoms with E-state index in [4.69, 9.17) is 0 Å². The van der Waals surface area contributed by atoms with Crippen LogP contribution in [-0.2, 0) is 18.3 Å². The van der Waals surface area contributed by atoms with Crippen molar-refractivity contribution in [2.75, 3.05) is 0 Å². The predicted octanol–water partition coefficient (Wildman–Crippen LogP) is 0.965. The Kier molecular flexibility index (Phi) is 4.16. The first-order chi connectivity index (χ1) is 9.49. The molecular formula is C13H20N6O. The molecule has 1 amide bonds. The lowest BCUT2D eigenvalue weighted by Gasteiger charge is -2.11. The molecule has 2 heterocycles. The summed E-state index contributed by atoms with van der Waals surface area (Å²) in [6, 6.07) is -0.166. The fourth-order valence-electron chi connectivity index (χ4n) is 2.22. The number of hydrogen-bond donors (Lipinski definition) is 2. The fraction of sp³-hybridized carbons (Fsp3) is 0.538. The number of nitrogens with one attached hydrogen (secondary N) is 2. The Morgan fingerprint density at radius 2 is 2.25 bits per heavy atom. The van der Waals surface area contributed by atoms with E-state index in [1.54, 1.807) is 0 Å². The smallest absolute Gasteiger partial charge is 0.220 e. The lowest BCUT2D eigenvalue weighted by atomic mass is 10.1. The van der Waals surface area contributed by atoms with Gasteiger partial charge in [-0.1, -0.05) is 0 Å². The second-order valence-corrected chi connectivity index (χ2v) is 4.93. The molecule has 0 fully saturated rings. The molecule has 0 spiro atoms. The molecular weight excluding hydrogens is 256 g/mol. The maximum Gasteiger partial charge on any atom is 0.220 e. The molecule has 2 aromatic heterocycles. The summed E-state index contributed by atoms with van der Waals surface area (Å²) in [6.07, 6.45) is 2.56. The first-order valence-corrected chi connectivity index (χ1v) is 6.62. The average Bonchev–Trinajstić information content (AvgIpc) is 2.98. The molecule has 0 aromatic carbocycles. The summed E-state index contributed by atoms with van der Waals surface area (Å²) >= 11 is 0. The lowest BCUT2D eigenvalue weighted by Crippen LogP contribution is -2.27. The first-order valence-electron chi connectivity index (χ1n) is 6.62. The molecule has 0 radical (unpaired) electrons. The van der Waals surface area contributed by atoms with Crippen molar-refractivity contribution in [1.82, 2.24) is 30.3 Å². The third-order valence-electron chi connectivity index (χ3n) is 3.48. The van der Waals surface area contributed by atoms with Crippen LogP contribution >= 0.6 is 0 Å². The molecule has 0 aliphatic heterocycles. The minimum atomic E-state index is -0.166. The molecule has 20 heavy (non-hydrogen) atoms. The van der Waals surface area contributed by atoms with E-state index in [0.29, 0.717) is 18.7 Å². The van der Waals surface area contributed by atoms with Gasteiger partial charge in [-0.05, 0) is 32.8 Å². The summed E-state index contributed by atoms with van der Waals surface area (Å²) in [5.74, 6) is 0.656. The molecule has 108 valence electrons. The molecule has 0 aliphatic carbocycles. The van der Waals surface area contributed by atoms with Crippen LogP contribution < -0.4 is 5.32 Å². The third-order valence-corrected chi connectivity index (χ3v) is 3.48. The van der Waals surface area contributed by atoms with E-state index in [-0.39, 0.29) is 11.9 Å². The van der Waals surface area contributed by atoms with Gasteiger partial charge in [0.25, 0.3) is 0 Å². The van der Waals surface area contributed by atoms with E-state index in [1.807, 2.05) is 32.5 Å². The molecule has 7 heteroatoms. The van der Waals surface area contributed by atoms with Crippen LogP contribution in [0.25, 0.3) is 0 Å². The number of carbonyl (C=O) groups is 1. The van der Waals surface area contributed by atoms with Crippen LogP contribution in [0.1, 0.15) is 42.2 Å². The third kappa shape index (κ3) is 3.04. The van der Waals surface area contributed by atoms with Gasteiger partial charge in [-0.3, -0.25) is 14.6 Å². The molecule has 2 aromatic rings. The first kappa shape index (κ1) is 14.2. The summed E-state index contributed by atoms with van der Waals surface area (Å²) in [5.41, 5.74) is 3.25. The monoisotopic (exact) mass is 276 g/mol. The summed E-state index contributed by atoms with van der Waals surface area (Å²) < 4.78 is 1.85. The van der Waals surface area contributed by atoms with Crippen molar-refractivity contribution in [3.05, 3.63) is 29.1 Å². The van der Waals surface area contributed by atoms with Crippen molar-refractivity contribution in [3.63, 3.8) is 0 Å². The highest BCUT2D eigenvalue weighted by molar-refractivity contribution is 5.76. The number of amides is 1. The Bertz CT molecular complexity index is 586. The molecule has 0 bridgehead atoms. The van der Waals surface area contributed by atoms with Crippen LogP contribution in [0.2, 0.25) is 0 Å². The largest absolute Gasteiger partial charge is 0.346 e. The number of aromatic nitrogens is 5. The Morgan fingerprint density at radius 1 is 1.50 bits per heavy atom. The van der Waals surface area contributed by atoms with Gasteiger partial charge in [0.1, 0.15) is 12.2 Å². The highest BCUT2D eigenvalue weighted by Gasteiger charge is 2.14. The van der Waals surface area contributed by atoms with Gasteiger partial charge in [0.15, 0.2) is 0 Å². The fourth-order valence-corrected chi connectivity index (χ4v) is 2.22. The van der Waals surface area contributed by atoms with Gasteiger partial charge in [0.05, 0.1) is 11.7 Å². The second kappa shape index (κ2) is 5.85. The summed E-state index contributed by atoms with van der Waals surface area (Å²) in [6.45, 7) is 5.86. The quantitative estimate of drug-likeness (QED) is 0.851. The number of aromatic amines is 1. The number of hydrogen-bond acceptors (Lipinski definition) is 4. The zero-order valence-electron chi connectivity index (χ0n) is 12.3. The van der Waals surface area contributed by atoms with Crippen LogP contribution in [0, 0.1) is 13.8 Å². The van der Waals surface area contributed by atoms with Gasteiger partial charge in [0, 0.05) is 19.2 Å². The molecule has 1 unspecified atom stereocenters. The maximum atomic E-state index is 12.0. The molecule has 2 rings (SSSR count). The number of H-pyrrole nitrogens is 1. The normalized spacial score (nSPS) is 12.4. The Hall–Kier alpha value is -2.18. The molecule has 0 aliphatic rings. The van der Waals surface area contributed by atoms with Crippen molar-refractivity contribution < 1.29 is 4.79 Å². The van der Waals surface area contributed by atoms with Gasteiger partial charge in [0.2, 0.25) is 5.91 Å². The van der Waals surface area contributed by atoms with Crippen LogP contribution in [0.4, 0.5) is 0 Å².